The molecule has 0 saturated heterocycles. The van der Waals surface area contributed by atoms with E-state index in [9.17, 15) is 4.79 Å². The second-order valence-electron chi connectivity index (χ2n) is 6.96. The molecular weight excluding hydrogens is 356 g/mol. The third-order valence-electron chi connectivity index (χ3n) is 4.17. The lowest BCUT2D eigenvalue weighted by Crippen LogP contribution is -2.28. The Bertz CT molecular complexity index is 895. The molecule has 2 aromatic rings. The molecule has 2 N–H and O–H groups in total. The fourth-order valence-corrected chi connectivity index (χ4v) is 2.90. The van der Waals surface area contributed by atoms with Crippen molar-refractivity contribution in [3.8, 4) is 29.1 Å². The van der Waals surface area contributed by atoms with Crippen LogP contribution in [-0.2, 0) is 6.42 Å². The Balaban J connectivity index is 1.41. The van der Waals surface area contributed by atoms with Crippen molar-refractivity contribution in [3.63, 3.8) is 0 Å². The molecule has 2 amide bonds. The van der Waals surface area contributed by atoms with E-state index in [1.165, 1.54) is 0 Å². The number of carbonyl (C=O) groups excluding carboxylic acids is 1. The van der Waals surface area contributed by atoms with Gasteiger partial charge in [0.1, 0.15) is 18.0 Å². The normalized spacial score (nSPS) is 13.4. The van der Waals surface area contributed by atoms with Crippen LogP contribution < -0.4 is 24.8 Å². The SMILES string of the molecule is COc1ccc(NC(=O)NCC#CCOc2cccc3c2OC(C)(C)C3)cc1. The smallest absolute Gasteiger partial charge is 0.319 e. The van der Waals surface area contributed by atoms with Crippen molar-refractivity contribution in [2.24, 2.45) is 0 Å². The number of nitrogens with one attached hydrogen (secondary N) is 2. The number of fused-ring (bicyclic) bond motifs is 1. The lowest BCUT2D eigenvalue weighted by atomic mass is 10.0. The zero-order valence-electron chi connectivity index (χ0n) is 16.3. The number of amides is 2. The highest BCUT2D eigenvalue weighted by atomic mass is 16.5. The first-order valence-corrected chi connectivity index (χ1v) is 9.05. The molecule has 0 atom stereocenters. The molecule has 1 heterocycles. The van der Waals surface area contributed by atoms with Gasteiger partial charge in [0.25, 0.3) is 0 Å². The average molecular weight is 380 g/mol. The van der Waals surface area contributed by atoms with Crippen molar-refractivity contribution >= 4 is 11.7 Å². The van der Waals surface area contributed by atoms with Gasteiger partial charge in [-0.3, -0.25) is 0 Å². The Morgan fingerprint density at radius 2 is 1.96 bits per heavy atom. The molecule has 146 valence electrons. The molecule has 0 radical (unpaired) electrons. The highest BCUT2D eigenvalue weighted by Crippen LogP contribution is 2.41. The van der Waals surface area contributed by atoms with Crippen LogP contribution in [0.1, 0.15) is 19.4 Å². The van der Waals surface area contributed by atoms with Gasteiger partial charge in [0.05, 0.1) is 13.7 Å². The molecule has 0 unspecified atom stereocenters. The molecule has 6 heteroatoms. The molecule has 1 aliphatic heterocycles. The van der Waals surface area contributed by atoms with Crippen LogP contribution in [-0.4, -0.2) is 31.9 Å². The Labute approximate surface area is 165 Å². The van der Waals surface area contributed by atoms with Crippen molar-refractivity contribution in [3.05, 3.63) is 48.0 Å². The molecule has 0 aromatic heterocycles. The number of rotatable bonds is 5. The van der Waals surface area contributed by atoms with E-state index in [2.05, 4.69) is 36.3 Å². The molecule has 28 heavy (non-hydrogen) atoms. The van der Waals surface area contributed by atoms with Gasteiger partial charge in [-0.15, -0.1) is 0 Å². The lowest BCUT2D eigenvalue weighted by molar-refractivity contribution is 0.133. The van der Waals surface area contributed by atoms with Crippen LogP contribution in [0.25, 0.3) is 0 Å². The molecule has 0 bridgehead atoms. The van der Waals surface area contributed by atoms with E-state index in [0.717, 1.165) is 23.5 Å². The quantitative estimate of drug-likeness (QED) is 0.778. The van der Waals surface area contributed by atoms with Crippen molar-refractivity contribution in [2.45, 2.75) is 25.9 Å². The number of para-hydroxylation sites is 1. The minimum Gasteiger partial charge on any atom is -0.497 e. The van der Waals surface area contributed by atoms with Crippen molar-refractivity contribution in [2.75, 3.05) is 25.6 Å². The first-order chi connectivity index (χ1) is 13.5. The van der Waals surface area contributed by atoms with Crippen molar-refractivity contribution in [1.29, 1.82) is 0 Å². The fraction of sp³-hybridized carbons (Fsp3) is 0.318. The summed E-state index contributed by atoms with van der Waals surface area (Å²) in [5, 5.41) is 5.40. The number of carbonyl (C=O) groups is 1. The van der Waals surface area contributed by atoms with E-state index >= 15 is 0 Å². The average Bonchev–Trinajstić information content (AvgIpc) is 2.99. The predicted molar refractivity (Wildman–Crippen MR) is 108 cm³/mol. The second-order valence-corrected chi connectivity index (χ2v) is 6.96. The summed E-state index contributed by atoms with van der Waals surface area (Å²) in [4.78, 5) is 11.8. The Hall–Kier alpha value is -3.33. The maximum absolute atomic E-state index is 11.8. The summed E-state index contributed by atoms with van der Waals surface area (Å²) >= 11 is 0. The first kappa shape index (κ1) is 19.4. The number of methoxy groups -OCH3 is 1. The van der Waals surface area contributed by atoms with Crippen LogP contribution in [0.2, 0.25) is 0 Å². The van der Waals surface area contributed by atoms with Gasteiger partial charge in [-0.2, -0.15) is 0 Å². The van der Waals surface area contributed by atoms with E-state index in [0.29, 0.717) is 11.4 Å². The molecule has 3 rings (SSSR count). The zero-order valence-corrected chi connectivity index (χ0v) is 16.3. The highest BCUT2D eigenvalue weighted by Gasteiger charge is 2.32. The summed E-state index contributed by atoms with van der Waals surface area (Å²) in [6.07, 6.45) is 0.860. The minimum atomic E-state index is -0.322. The van der Waals surface area contributed by atoms with Gasteiger partial charge in [-0.1, -0.05) is 24.0 Å². The number of anilines is 1. The molecular formula is C22H24N2O4. The predicted octanol–water partition coefficient (Wildman–Crippen LogP) is 3.61. The number of hydrogen-bond donors (Lipinski definition) is 2. The lowest BCUT2D eigenvalue weighted by Gasteiger charge is -2.17. The van der Waals surface area contributed by atoms with Gasteiger partial charge < -0.3 is 24.8 Å². The van der Waals surface area contributed by atoms with E-state index in [4.69, 9.17) is 14.2 Å². The number of ether oxygens (including phenoxy) is 3. The van der Waals surface area contributed by atoms with E-state index in [-0.39, 0.29) is 24.8 Å². The third-order valence-corrected chi connectivity index (χ3v) is 4.17. The van der Waals surface area contributed by atoms with Gasteiger partial charge in [0, 0.05) is 17.7 Å². The molecule has 0 spiro atoms. The first-order valence-electron chi connectivity index (χ1n) is 9.05. The molecule has 0 aliphatic carbocycles. The standard InChI is InChI=1S/C22H24N2O4/c1-22(2)15-16-7-6-8-19(20(16)28-22)27-14-5-4-13-23-21(25)24-17-9-11-18(26-3)12-10-17/h6-12H,13-15H2,1-3H3,(H2,23,24,25). The Kier molecular flexibility index (Phi) is 5.95. The van der Waals surface area contributed by atoms with Gasteiger partial charge in [0.15, 0.2) is 11.5 Å². The van der Waals surface area contributed by atoms with Gasteiger partial charge in [0.2, 0.25) is 0 Å². The van der Waals surface area contributed by atoms with Gasteiger partial charge in [-0.25, -0.2) is 4.79 Å². The van der Waals surface area contributed by atoms with Gasteiger partial charge in [-0.05, 0) is 44.2 Å². The van der Waals surface area contributed by atoms with Crippen LogP contribution in [0.5, 0.6) is 17.2 Å². The van der Waals surface area contributed by atoms with E-state index in [1.54, 1.807) is 31.4 Å². The number of hydrogen-bond acceptors (Lipinski definition) is 4. The second kappa shape index (κ2) is 8.57. The Morgan fingerprint density at radius 3 is 2.71 bits per heavy atom. The zero-order chi connectivity index (χ0) is 20.0. The summed E-state index contributed by atoms with van der Waals surface area (Å²) in [6.45, 7) is 4.56. The maximum atomic E-state index is 11.8. The van der Waals surface area contributed by atoms with Crippen molar-refractivity contribution < 1.29 is 19.0 Å². The van der Waals surface area contributed by atoms with Crippen LogP contribution >= 0.6 is 0 Å². The van der Waals surface area contributed by atoms with Gasteiger partial charge >= 0.3 is 6.03 Å². The largest absolute Gasteiger partial charge is 0.497 e. The summed E-state index contributed by atoms with van der Waals surface area (Å²) in [5.74, 6) is 7.99. The summed E-state index contributed by atoms with van der Waals surface area (Å²) in [7, 11) is 1.59. The highest BCUT2D eigenvalue weighted by molar-refractivity contribution is 5.89. The summed E-state index contributed by atoms with van der Waals surface area (Å²) in [6, 6.07) is 12.6. The minimum absolute atomic E-state index is 0.214. The monoisotopic (exact) mass is 380 g/mol. The molecule has 6 nitrogen and oxygen atoms in total. The molecule has 0 saturated carbocycles. The van der Waals surface area contributed by atoms with Crippen LogP contribution in [0, 0.1) is 11.8 Å². The maximum Gasteiger partial charge on any atom is 0.319 e. The summed E-state index contributed by atoms with van der Waals surface area (Å²) in [5.41, 5.74) is 1.61. The topological polar surface area (TPSA) is 68.8 Å². The molecule has 0 fully saturated rings. The Morgan fingerprint density at radius 1 is 1.18 bits per heavy atom. The number of benzene rings is 2. The van der Waals surface area contributed by atoms with E-state index in [1.807, 2.05) is 18.2 Å². The fourth-order valence-electron chi connectivity index (χ4n) is 2.90. The van der Waals surface area contributed by atoms with Crippen LogP contribution in [0.15, 0.2) is 42.5 Å². The van der Waals surface area contributed by atoms with Crippen LogP contribution in [0.4, 0.5) is 10.5 Å². The summed E-state index contributed by atoms with van der Waals surface area (Å²) < 4.78 is 16.8. The van der Waals surface area contributed by atoms with Crippen molar-refractivity contribution in [1.82, 2.24) is 5.32 Å². The molecule has 1 aliphatic rings. The number of urea groups is 1. The van der Waals surface area contributed by atoms with E-state index < -0.39 is 0 Å². The molecule has 2 aromatic carbocycles. The van der Waals surface area contributed by atoms with Crippen LogP contribution in [0.3, 0.4) is 0 Å². The third kappa shape index (κ3) is 5.10.